The lowest BCUT2D eigenvalue weighted by Crippen LogP contribution is -2.56. The van der Waals surface area contributed by atoms with E-state index in [-0.39, 0.29) is 34.9 Å². The summed E-state index contributed by atoms with van der Waals surface area (Å²) in [5.41, 5.74) is 1.56. The molecule has 0 unspecified atom stereocenters. The molecular weight excluding hydrogens is 610 g/mol. The van der Waals surface area contributed by atoms with Gasteiger partial charge in [0.2, 0.25) is 5.82 Å². The van der Waals surface area contributed by atoms with Crippen LogP contribution in [0.1, 0.15) is 64.3 Å². The number of benzene rings is 1. The van der Waals surface area contributed by atoms with Crippen molar-refractivity contribution in [1.29, 1.82) is 0 Å². The van der Waals surface area contributed by atoms with Gasteiger partial charge in [-0.2, -0.15) is 0 Å². The maximum Gasteiger partial charge on any atom is 0.410 e. The largest absolute Gasteiger partial charge is 0.444 e. The number of fused-ring (bicyclic) bond motifs is 1. The molecular formula is C34H38F2N6O3S. The number of pyridine rings is 2. The lowest BCUT2D eigenvalue weighted by molar-refractivity contribution is 0.0134. The van der Waals surface area contributed by atoms with Crippen LogP contribution in [-0.4, -0.2) is 75.2 Å². The van der Waals surface area contributed by atoms with Crippen molar-refractivity contribution in [2.24, 2.45) is 4.99 Å². The molecule has 0 aliphatic carbocycles. The number of aromatic nitrogens is 2. The monoisotopic (exact) mass is 648 g/mol. The van der Waals surface area contributed by atoms with Crippen LogP contribution in [0, 0.1) is 18.6 Å². The Bertz CT molecular complexity index is 1770. The minimum absolute atomic E-state index is 0.0299. The number of carbonyl (C=O) groups excluding carboxylic acids is 2. The van der Waals surface area contributed by atoms with Crippen LogP contribution in [-0.2, 0) is 9.53 Å². The molecule has 2 aromatic heterocycles. The van der Waals surface area contributed by atoms with E-state index >= 15 is 8.78 Å². The molecule has 4 heterocycles. The number of amides is 1. The molecule has 0 saturated carbocycles. The number of carbonyl (C=O) groups is 1. The molecule has 46 heavy (non-hydrogen) atoms. The van der Waals surface area contributed by atoms with Gasteiger partial charge in [-0.3, -0.25) is 9.88 Å². The highest BCUT2D eigenvalue weighted by molar-refractivity contribution is 7.98. The molecule has 1 saturated heterocycles. The molecule has 5 rings (SSSR count). The Labute approximate surface area is 272 Å². The summed E-state index contributed by atoms with van der Waals surface area (Å²) >= 11 is 1.28. The molecule has 9 nitrogen and oxygen atoms in total. The highest BCUT2D eigenvalue weighted by Crippen LogP contribution is 2.43. The molecule has 0 bridgehead atoms. The first-order chi connectivity index (χ1) is 21.7. The van der Waals surface area contributed by atoms with Crippen molar-refractivity contribution in [1.82, 2.24) is 19.8 Å². The Morgan fingerprint density at radius 2 is 1.89 bits per heavy atom. The number of rotatable bonds is 4. The number of halogens is 2. The van der Waals surface area contributed by atoms with Gasteiger partial charge >= 0.3 is 6.09 Å². The molecule has 2 aliphatic rings. The third-order valence-corrected chi connectivity index (χ3v) is 8.61. The summed E-state index contributed by atoms with van der Waals surface area (Å²) in [7, 11) is 0. The van der Waals surface area contributed by atoms with Crippen molar-refractivity contribution in [2.75, 3.05) is 30.8 Å². The van der Waals surface area contributed by atoms with Crippen molar-refractivity contribution in [3.8, 4) is 11.3 Å². The van der Waals surface area contributed by atoms with Crippen LogP contribution in [0.5, 0.6) is 0 Å². The van der Waals surface area contributed by atoms with Crippen LogP contribution in [0.4, 0.5) is 25.1 Å². The first-order valence-electron chi connectivity index (χ1n) is 15.1. The quantitative estimate of drug-likeness (QED) is 0.219. The van der Waals surface area contributed by atoms with Gasteiger partial charge in [0, 0.05) is 36.8 Å². The van der Waals surface area contributed by atoms with E-state index in [1.807, 2.05) is 65.4 Å². The Morgan fingerprint density at radius 3 is 2.52 bits per heavy atom. The fourth-order valence-corrected chi connectivity index (χ4v) is 6.37. The number of hydrogen-bond donors (Lipinski definition) is 0. The van der Waals surface area contributed by atoms with E-state index in [4.69, 9.17) is 14.7 Å². The zero-order valence-electron chi connectivity index (χ0n) is 27.3. The van der Waals surface area contributed by atoms with Gasteiger partial charge in [0.15, 0.2) is 17.6 Å². The maximum atomic E-state index is 16.2. The summed E-state index contributed by atoms with van der Waals surface area (Å²) in [6.45, 7) is 14.2. The van der Waals surface area contributed by atoms with Gasteiger partial charge in [0.25, 0.3) is 0 Å². The van der Waals surface area contributed by atoms with Crippen molar-refractivity contribution in [2.45, 2.75) is 70.9 Å². The molecule has 12 heteroatoms. The van der Waals surface area contributed by atoms with Crippen LogP contribution in [0.25, 0.3) is 11.3 Å². The summed E-state index contributed by atoms with van der Waals surface area (Å²) in [6.07, 6.45) is 3.05. The number of aliphatic imine (C=N–C) groups is 1. The van der Waals surface area contributed by atoms with E-state index in [0.29, 0.717) is 47.3 Å². The van der Waals surface area contributed by atoms with E-state index in [2.05, 4.69) is 4.98 Å². The molecule has 0 radical (unpaired) electrons. The number of thioether (sulfide) groups is 1. The van der Waals surface area contributed by atoms with Crippen LogP contribution >= 0.6 is 11.8 Å². The smallest absolute Gasteiger partial charge is 0.410 e. The fourth-order valence-electron chi connectivity index (χ4n) is 5.75. The molecule has 242 valence electrons. The molecule has 0 spiro atoms. The number of amidine groups is 1. The summed E-state index contributed by atoms with van der Waals surface area (Å²) in [4.78, 5) is 45.3. The number of ether oxygens (including phenoxy) is 1. The van der Waals surface area contributed by atoms with Gasteiger partial charge in [-0.05, 0) is 76.6 Å². The Hall–Kier alpha value is -4.28. The average Bonchev–Trinajstić information content (AvgIpc) is 2.99. The zero-order valence-corrected chi connectivity index (χ0v) is 28.1. The van der Waals surface area contributed by atoms with Crippen LogP contribution in [0.15, 0.2) is 52.2 Å². The van der Waals surface area contributed by atoms with Gasteiger partial charge in [0.1, 0.15) is 22.9 Å². The van der Waals surface area contributed by atoms with Crippen LogP contribution < -0.4 is 4.90 Å². The van der Waals surface area contributed by atoms with Crippen molar-refractivity contribution >= 4 is 41.1 Å². The lowest BCUT2D eigenvalue weighted by atomic mass is 10.0. The second-order valence-corrected chi connectivity index (χ2v) is 13.5. The second-order valence-electron chi connectivity index (χ2n) is 12.7. The van der Waals surface area contributed by atoms with Crippen molar-refractivity contribution in [3.05, 3.63) is 70.8 Å². The second kappa shape index (κ2) is 12.8. The number of hydrogen-bond acceptors (Lipinski definition) is 9. The zero-order chi connectivity index (χ0) is 33.5. The van der Waals surface area contributed by atoms with E-state index in [1.165, 1.54) is 23.9 Å². The molecule has 0 N–H and O–H groups in total. The summed E-state index contributed by atoms with van der Waals surface area (Å²) in [6, 6.07) is 7.38. The molecule has 3 aromatic rings. The minimum Gasteiger partial charge on any atom is -0.444 e. The highest BCUT2D eigenvalue weighted by Gasteiger charge is 2.38. The van der Waals surface area contributed by atoms with E-state index in [0.717, 1.165) is 5.56 Å². The average molecular weight is 649 g/mol. The van der Waals surface area contributed by atoms with Crippen molar-refractivity contribution < 1.29 is 23.1 Å². The Balaban J connectivity index is 1.70. The van der Waals surface area contributed by atoms with E-state index in [1.54, 1.807) is 34.4 Å². The van der Waals surface area contributed by atoms with Crippen LogP contribution in [0.3, 0.4) is 0 Å². The van der Waals surface area contributed by atoms with Gasteiger partial charge in [-0.1, -0.05) is 19.9 Å². The first-order valence-corrected chi connectivity index (χ1v) is 16.4. The number of aryl methyl sites for hydroxylation is 1. The summed E-state index contributed by atoms with van der Waals surface area (Å²) in [5.74, 6) is 1.00. The van der Waals surface area contributed by atoms with Gasteiger partial charge in [-0.25, -0.2) is 28.3 Å². The molecule has 1 amide bonds. The Morgan fingerprint density at radius 1 is 1.15 bits per heavy atom. The van der Waals surface area contributed by atoms with Crippen molar-refractivity contribution in [3.63, 3.8) is 0 Å². The summed E-state index contributed by atoms with van der Waals surface area (Å²) in [5, 5.41) is 0. The first kappa shape index (κ1) is 33.1. The number of piperazine rings is 1. The molecule has 2 aliphatic heterocycles. The van der Waals surface area contributed by atoms with Crippen LogP contribution in [0.2, 0.25) is 0 Å². The number of anilines is 2. The van der Waals surface area contributed by atoms with Gasteiger partial charge in [-0.15, -0.1) is 11.8 Å². The van der Waals surface area contributed by atoms with Gasteiger partial charge < -0.3 is 14.5 Å². The van der Waals surface area contributed by atoms with Gasteiger partial charge in [0.05, 0.1) is 22.5 Å². The topological polar surface area (TPSA) is 91.2 Å². The summed E-state index contributed by atoms with van der Waals surface area (Å²) < 4.78 is 37.2. The number of nitrogens with zero attached hydrogens (tertiary/aromatic N) is 6. The van der Waals surface area contributed by atoms with E-state index in [9.17, 15) is 9.59 Å². The molecule has 1 aromatic carbocycles. The highest BCUT2D eigenvalue weighted by atomic mass is 32.2. The standard InChI is InChI=1S/C34H38F2N6O3S/c1-19(2)28-30(20(3)12-13-37-28)42-26(18-43)38-31(41-15-14-40(17-21(41)4)33(44)45-34(5,6)7)22-16-24(36)29(39-32(22)42)27-23(35)10-9-11-25(27)46-8/h9-13,16,19,21H,14-15,17H2,1-8H3/t21-/m0/s1. The minimum atomic E-state index is -0.739. The Kier molecular flexibility index (Phi) is 9.24. The predicted molar refractivity (Wildman–Crippen MR) is 176 cm³/mol. The maximum absolute atomic E-state index is 16.2. The lowest BCUT2D eigenvalue weighted by Gasteiger charge is -2.43. The molecule has 1 fully saturated rings. The third kappa shape index (κ3) is 6.24. The third-order valence-electron chi connectivity index (χ3n) is 7.83. The predicted octanol–water partition coefficient (Wildman–Crippen LogP) is 7.09. The molecule has 1 atom stereocenters. The normalized spacial score (nSPS) is 16.8. The van der Waals surface area contributed by atoms with E-state index < -0.39 is 23.3 Å². The SMILES string of the molecule is CSc1cccc(F)c1-c1nc2c(cc1F)C(N1CCN(C(=O)OC(C)(C)C)C[C@@H]1C)=NC(=C=O)N2c1c(C)ccnc1C(C)C. The fraction of sp³-hybridized carbons (Fsp3) is 0.412.